The van der Waals surface area contributed by atoms with E-state index in [-0.39, 0.29) is 34.6 Å². The van der Waals surface area contributed by atoms with Gasteiger partial charge in [-0.15, -0.1) is 0 Å². The van der Waals surface area contributed by atoms with E-state index in [2.05, 4.69) is 135 Å². The predicted octanol–water partition coefficient (Wildman–Crippen LogP) is 8.04. The molecule has 1 amide bonds. The first-order valence-electron chi connectivity index (χ1n) is 15.8. The number of rotatable bonds is 4. The molecule has 0 fully saturated rings. The molecule has 44 heavy (non-hydrogen) atoms. The SMILES string of the molecule is CC(NC(=O)Cc1cc2[nH]c1C(C)(C)c1ccc([nH]1)C(C)(C)c1ccc([nH]1)C(C)(C)c1ccc([nH]1)C2(C)C)c1ccccc1. The number of amides is 1. The van der Waals surface area contributed by atoms with Crippen molar-refractivity contribution >= 4 is 5.91 Å². The summed E-state index contributed by atoms with van der Waals surface area (Å²) >= 11 is 0. The van der Waals surface area contributed by atoms with Gasteiger partial charge in [0.1, 0.15) is 0 Å². The molecule has 5 aromatic rings. The zero-order chi connectivity index (χ0) is 31.7. The molecule has 1 aliphatic rings. The van der Waals surface area contributed by atoms with Crippen molar-refractivity contribution in [2.24, 2.45) is 0 Å². The molecule has 5 heterocycles. The van der Waals surface area contributed by atoms with Crippen LogP contribution in [0.1, 0.15) is 125 Å². The fraction of sp³-hybridized carbons (Fsp3) is 0.395. The molecular formula is C38H47N5O. The van der Waals surface area contributed by atoms with Crippen LogP contribution >= 0.6 is 0 Å². The van der Waals surface area contributed by atoms with E-state index in [9.17, 15) is 4.79 Å². The number of carbonyl (C=O) groups excluding carboxylic acids is 1. The van der Waals surface area contributed by atoms with Gasteiger partial charge >= 0.3 is 0 Å². The molecule has 6 rings (SSSR count). The zero-order valence-corrected chi connectivity index (χ0v) is 27.6. The number of hydrogen-bond acceptors (Lipinski definition) is 1. The molecule has 6 nitrogen and oxygen atoms in total. The Hall–Kier alpha value is -4.19. The van der Waals surface area contributed by atoms with Gasteiger partial charge in [0.05, 0.1) is 12.5 Å². The summed E-state index contributed by atoms with van der Waals surface area (Å²) in [4.78, 5) is 28.8. The first-order chi connectivity index (χ1) is 20.6. The first kappa shape index (κ1) is 29.9. The smallest absolute Gasteiger partial charge is 0.224 e. The maximum Gasteiger partial charge on any atom is 0.224 e. The van der Waals surface area contributed by atoms with Crippen LogP contribution in [0.3, 0.4) is 0 Å². The minimum Gasteiger partial charge on any atom is -0.361 e. The second-order valence-corrected chi connectivity index (χ2v) is 14.8. The molecule has 8 bridgehead atoms. The number of aromatic amines is 4. The number of nitrogens with one attached hydrogen (secondary N) is 5. The maximum absolute atomic E-state index is 13.6. The van der Waals surface area contributed by atoms with Crippen molar-refractivity contribution in [3.63, 3.8) is 0 Å². The van der Waals surface area contributed by atoms with Crippen molar-refractivity contribution < 1.29 is 4.79 Å². The topological polar surface area (TPSA) is 92.3 Å². The van der Waals surface area contributed by atoms with Gasteiger partial charge in [0.15, 0.2) is 0 Å². The highest BCUT2D eigenvalue weighted by Crippen LogP contribution is 2.42. The molecular weight excluding hydrogens is 542 g/mol. The number of carbonyl (C=O) groups is 1. The van der Waals surface area contributed by atoms with Gasteiger partial charge in [0, 0.05) is 67.2 Å². The number of H-pyrrole nitrogens is 4. The van der Waals surface area contributed by atoms with Gasteiger partial charge in [-0.05, 0) is 116 Å². The van der Waals surface area contributed by atoms with Crippen LogP contribution in [0.5, 0.6) is 0 Å². The third-order valence-corrected chi connectivity index (χ3v) is 10.3. The van der Waals surface area contributed by atoms with Crippen molar-refractivity contribution in [1.82, 2.24) is 25.3 Å². The molecule has 0 saturated heterocycles. The molecule has 6 heteroatoms. The van der Waals surface area contributed by atoms with Crippen molar-refractivity contribution in [3.05, 3.63) is 129 Å². The van der Waals surface area contributed by atoms with Gasteiger partial charge in [0.25, 0.3) is 0 Å². The summed E-state index contributed by atoms with van der Waals surface area (Å²) in [7, 11) is 0. The van der Waals surface area contributed by atoms with Crippen LogP contribution in [0, 0.1) is 0 Å². The van der Waals surface area contributed by atoms with Gasteiger partial charge in [-0.25, -0.2) is 0 Å². The summed E-state index contributed by atoms with van der Waals surface area (Å²) in [5.41, 5.74) is 9.82. The van der Waals surface area contributed by atoms with Crippen LogP contribution in [0.2, 0.25) is 0 Å². The molecule has 0 aliphatic carbocycles. The summed E-state index contributed by atoms with van der Waals surface area (Å²) in [6.45, 7) is 20.0. The lowest BCUT2D eigenvalue weighted by molar-refractivity contribution is -0.121. The summed E-state index contributed by atoms with van der Waals surface area (Å²) in [6.07, 6.45) is 0.287. The Morgan fingerprint density at radius 1 is 0.591 bits per heavy atom. The Bertz CT molecular complexity index is 1800. The van der Waals surface area contributed by atoms with Crippen LogP contribution in [0.15, 0.2) is 72.8 Å². The minimum atomic E-state index is -0.413. The quantitative estimate of drug-likeness (QED) is 0.144. The van der Waals surface area contributed by atoms with Gasteiger partial charge in [-0.3, -0.25) is 4.79 Å². The summed E-state index contributed by atoms with van der Waals surface area (Å²) < 4.78 is 0. The maximum atomic E-state index is 13.6. The molecule has 230 valence electrons. The third-order valence-electron chi connectivity index (χ3n) is 10.3. The fourth-order valence-corrected chi connectivity index (χ4v) is 6.76. The lowest BCUT2D eigenvalue weighted by Crippen LogP contribution is -2.29. The minimum absolute atomic E-state index is 0.00665. The average Bonchev–Trinajstić information content (AvgIpc) is 3.79. The number of hydrogen-bond donors (Lipinski definition) is 5. The molecule has 0 saturated carbocycles. The van der Waals surface area contributed by atoms with Gasteiger partial charge < -0.3 is 25.3 Å². The molecule has 1 aromatic carbocycles. The number of benzene rings is 1. The Balaban J connectivity index is 1.47. The van der Waals surface area contributed by atoms with Gasteiger partial charge in [-0.2, -0.15) is 0 Å². The lowest BCUT2D eigenvalue weighted by atomic mass is 9.83. The Kier molecular flexibility index (Phi) is 6.91. The molecule has 4 aromatic heterocycles. The van der Waals surface area contributed by atoms with E-state index >= 15 is 0 Å². The number of aromatic nitrogens is 4. The van der Waals surface area contributed by atoms with E-state index in [1.165, 1.54) is 5.69 Å². The van der Waals surface area contributed by atoms with Crippen LogP contribution in [0.4, 0.5) is 0 Å². The molecule has 0 radical (unpaired) electrons. The average molecular weight is 590 g/mol. The van der Waals surface area contributed by atoms with E-state index in [0.29, 0.717) is 0 Å². The van der Waals surface area contributed by atoms with E-state index in [4.69, 9.17) is 0 Å². The number of fused-ring (bicyclic) bond motifs is 8. The highest BCUT2D eigenvalue weighted by atomic mass is 16.1. The monoisotopic (exact) mass is 589 g/mol. The zero-order valence-electron chi connectivity index (χ0n) is 27.6. The Morgan fingerprint density at radius 3 is 1.45 bits per heavy atom. The van der Waals surface area contributed by atoms with Crippen molar-refractivity contribution in [2.75, 3.05) is 0 Å². The van der Waals surface area contributed by atoms with Crippen LogP contribution in [-0.4, -0.2) is 25.8 Å². The second kappa shape index (κ2) is 10.2. The Labute approximate surface area is 261 Å². The normalized spacial score (nSPS) is 18.5. The van der Waals surface area contributed by atoms with Gasteiger partial charge in [-0.1, -0.05) is 30.3 Å². The van der Waals surface area contributed by atoms with E-state index in [0.717, 1.165) is 51.0 Å². The summed E-state index contributed by atoms with van der Waals surface area (Å²) in [5.74, 6) is 0.00665. The molecule has 0 spiro atoms. The van der Waals surface area contributed by atoms with Gasteiger partial charge in [0.2, 0.25) is 5.91 Å². The lowest BCUT2D eigenvalue weighted by Gasteiger charge is -2.28. The third kappa shape index (κ3) is 4.85. The Morgan fingerprint density at radius 2 is 1.00 bits per heavy atom. The fourth-order valence-electron chi connectivity index (χ4n) is 6.76. The largest absolute Gasteiger partial charge is 0.361 e. The summed E-state index contributed by atoms with van der Waals surface area (Å²) in [6, 6.07) is 25.5. The predicted molar refractivity (Wildman–Crippen MR) is 178 cm³/mol. The van der Waals surface area contributed by atoms with E-state index in [1.54, 1.807) is 0 Å². The molecule has 1 aliphatic heterocycles. The second-order valence-electron chi connectivity index (χ2n) is 14.8. The highest BCUT2D eigenvalue weighted by molar-refractivity contribution is 5.79. The van der Waals surface area contributed by atoms with Crippen LogP contribution in [0.25, 0.3) is 0 Å². The molecule has 5 N–H and O–H groups in total. The summed E-state index contributed by atoms with van der Waals surface area (Å²) in [5, 5.41) is 3.23. The molecule has 1 atom stereocenters. The first-order valence-corrected chi connectivity index (χ1v) is 15.8. The van der Waals surface area contributed by atoms with E-state index < -0.39 is 5.41 Å². The van der Waals surface area contributed by atoms with Crippen molar-refractivity contribution in [3.8, 4) is 0 Å². The standard InChI is InChI=1S/C38H47N5O/c1-23(24-13-11-10-12-14-24)39-33(44)22-25-21-32-37(6,7)30-18-17-28(41-30)35(2,3)26-15-16-27(40-26)36(4,5)29-19-20-31(42-29)38(8,9)34(25)43-32/h10-21,23,40-43H,22H2,1-9H3,(H,39,44). The van der Waals surface area contributed by atoms with Crippen LogP contribution in [-0.2, 0) is 32.9 Å². The van der Waals surface area contributed by atoms with E-state index in [1.807, 2.05) is 25.1 Å². The highest BCUT2D eigenvalue weighted by Gasteiger charge is 2.38. The molecule has 1 unspecified atom stereocenters. The van der Waals surface area contributed by atoms with Crippen molar-refractivity contribution in [1.29, 1.82) is 0 Å². The van der Waals surface area contributed by atoms with Crippen molar-refractivity contribution in [2.45, 2.75) is 96.4 Å². The van der Waals surface area contributed by atoms with Crippen LogP contribution < -0.4 is 5.32 Å².